The van der Waals surface area contributed by atoms with Gasteiger partial charge in [-0.05, 0) is 47.9 Å². The number of H-pyrrole nitrogens is 3. The monoisotopic (exact) mass is 525 g/mol. The summed E-state index contributed by atoms with van der Waals surface area (Å²) in [5.41, 5.74) is 5.04. The lowest BCUT2D eigenvalue weighted by Crippen LogP contribution is -2.11. The van der Waals surface area contributed by atoms with Crippen LogP contribution in [0.4, 0.5) is 5.69 Å². The SMILES string of the molecule is O=C1C(c2[nH]c3ccccc3c2O)=Nc2ccccc21.[O-]c1c(-c2[nH]c3ccccc3c2O)[nH]c2ccccc12. The van der Waals surface area contributed by atoms with Gasteiger partial charge >= 0.3 is 0 Å². The molecule has 0 saturated carbocycles. The van der Waals surface area contributed by atoms with Gasteiger partial charge in [-0.15, -0.1) is 0 Å². The molecule has 1 aliphatic rings. The van der Waals surface area contributed by atoms with E-state index < -0.39 is 0 Å². The average Bonchev–Trinajstić information content (AvgIpc) is 3.71. The van der Waals surface area contributed by atoms with Crippen LogP contribution in [0, 0.1) is 0 Å². The number of Topliss-reactive ketones (excluding diaryl/α,β-unsaturated/α-hetero) is 1. The Bertz CT molecular complexity index is 2050. The van der Waals surface area contributed by atoms with E-state index in [4.69, 9.17) is 0 Å². The highest BCUT2D eigenvalue weighted by molar-refractivity contribution is 6.55. The Morgan fingerprint density at radius 1 is 0.575 bits per heavy atom. The van der Waals surface area contributed by atoms with Crippen molar-refractivity contribution < 1.29 is 20.1 Å². The molecule has 0 atom stereocenters. The van der Waals surface area contributed by atoms with Crippen LogP contribution in [0.2, 0.25) is 0 Å². The van der Waals surface area contributed by atoms with Gasteiger partial charge in [0.15, 0.2) is 5.75 Å². The second-order valence-electron chi connectivity index (χ2n) is 9.47. The summed E-state index contributed by atoms with van der Waals surface area (Å²) in [7, 11) is 0. The summed E-state index contributed by atoms with van der Waals surface area (Å²) in [5.74, 6) is -0.102. The molecule has 0 spiro atoms. The van der Waals surface area contributed by atoms with Crippen molar-refractivity contribution >= 4 is 49.9 Å². The molecule has 4 heterocycles. The van der Waals surface area contributed by atoms with Crippen molar-refractivity contribution in [2.75, 3.05) is 0 Å². The van der Waals surface area contributed by atoms with Gasteiger partial charge in [0.2, 0.25) is 5.78 Å². The number of ketones is 1. The predicted octanol–water partition coefficient (Wildman–Crippen LogP) is 6.29. The molecule has 0 aliphatic carbocycles. The summed E-state index contributed by atoms with van der Waals surface area (Å²) < 4.78 is 0. The van der Waals surface area contributed by atoms with E-state index in [1.54, 1.807) is 30.3 Å². The second kappa shape index (κ2) is 8.92. The Kier molecular flexibility index (Phi) is 5.21. The smallest absolute Gasteiger partial charge is 0.215 e. The molecule has 40 heavy (non-hydrogen) atoms. The zero-order chi connectivity index (χ0) is 27.4. The van der Waals surface area contributed by atoms with Crippen molar-refractivity contribution in [3.8, 4) is 28.6 Å². The number of aromatic nitrogens is 3. The Hall–Kier alpha value is -5.76. The van der Waals surface area contributed by atoms with Crippen molar-refractivity contribution in [2.45, 2.75) is 0 Å². The van der Waals surface area contributed by atoms with Crippen molar-refractivity contribution in [1.82, 2.24) is 15.0 Å². The lowest BCUT2D eigenvalue weighted by Gasteiger charge is -2.06. The quantitative estimate of drug-likeness (QED) is 0.181. The zero-order valence-electron chi connectivity index (χ0n) is 20.9. The number of aromatic hydroxyl groups is 2. The fourth-order valence-electron chi connectivity index (χ4n) is 5.13. The summed E-state index contributed by atoms with van der Waals surface area (Å²) in [5, 5.41) is 35.0. The first-order valence-corrected chi connectivity index (χ1v) is 12.6. The van der Waals surface area contributed by atoms with Gasteiger partial charge in [0.05, 0.1) is 11.4 Å². The number of fused-ring (bicyclic) bond motifs is 4. The number of rotatable bonds is 2. The number of benzene rings is 4. The first-order valence-electron chi connectivity index (χ1n) is 12.6. The predicted molar refractivity (Wildman–Crippen MR) is 154 cm³/mol. The lowest BCUT2D eigenvalue weighted by atomic mass is 10.1. The molecule has 0 bridgehead atoms. The van der Waals surface area contributed by atoms with Crippen LogP contribution >= 0.6 is 0 Å². The van der Waals surface area contributed by atoms with E-state index >= 15 is 0 Å². The van der Waals surface area contributed by atoms with Crippen LogP contribution < -0.4 is 5.11 Å². The van der Waals surface area contributed by atoms with E-state index in [1.807, 2.05) is 66.7 Å². The number of nitrogens with one attached hydrogen (secondary N) is 3. The number of aliphatic imine (C=N–C) groups is 1. The minimum atomic E-state index is -0.164. The summed E-state index contributed by atoms with van der Waals surface area (Å²) >= 11 is 0. The molecule has 8 nitrogen and oxygen atoms in total. The lowest BCUT2D eigenvalue weighted by molar-refractivity contribution is -0.264. The number of carbonyl (C=O) groups excluding carboxylic acids is 1. The van der Waals surface area contributed by atoms with Gasteiger partial charge in [-0.3, -0.25) is 4.79 Å². The molecule has 5 N–H and O–H groups in total. The number of carbonyl (C=O) groups is 1. The number of hydrogen-bond acceptors (Lipinski definition) is 5. The normalized spacial score (nSPS) is 12.5. The van der Waals surface area contributed by atoms with E-state index in [1.165, 1.54) is 0 Å². The molecular formula is C32H21N4O4-. The first-order chi connectivity index (χ1) is 19.5. The summed E-state index contributed by atoms with van der Waals surface area (Å²) in [4.78, 5) is 25.9. The molecule has 8 heteroatoms. The van der Waals surface area contributed by atoms with Gasteiger partial charge in [-0.25, -0.2) is 4.99 Å². The average molecular weight is 526 g/mol. The second-order valence-corrected chi connectivity index (χ2v) is 9.47. The first kappa shape index (κ1) is 23.4. The van der Waals surface area contributed by atoms with Gasteiger partial charge in [-0.1, -0.05) is 60.3 Å². The summed E-state index contributed by atoms with van der Waals surface area (Å²) in [6.07, 6.45) is 0. The topological polar surface area (TPSA) is 140 Å². The van der Waals surface area contributed by atoms with Gasteiger partial charge in [0, 0.05) is 32.9 Å². The minimum absolute atomic E-state index is 0.0699. The van der Waals surface area contributed by atoms with Crippen LogP contribution in [-0.4, -0.2) is 36.7 Å². The number of para-hydroxylation sites is 4. The number of hydrogen-bond donors (Lipinski definition) is 5. The van der Waals surface area contributed by atoms with Crippen LogP contribution in [0.5, 0.6) is 17.2 Å². The maximum absolute atomic E-state index is 12.4. The molecular weight excluding hydrogens is 504 g/mol. The third kappa shape index (κ3) is 3.54. The van der Waals surface area contributed by atoms with Crippen LogP contribution in [-0.2, 0) is 0 Å². The molecule has 0 fully saturated rings. The molecule has 7 aromatic rings. The summed E-state index contributed by atoms with van der Waals surface area (Å²) in [6, 6.07) is 29.3. The van der Waals surface area contributed by atoms with Crippen molar-refractivity contribution in [2.24, 2.45) is 4.99 Å². The van der Waals surface area contributed by atoms with Crippen LogP contribution in [0.3, 0.4) is 0 Å². The third-order valence-corrected chi connectivity index (χ3v) is 7.10. The molecule has 0 unspecified atom stereocenters. The molecule has 0 amide bonds. The number of aromatic amines is 3. The van der Waals surface area contributed by atoms with Crippen molar-refractivity contribution in [3.05, 3.63) is 108 Å². The fraction of sp³-hybridized carbons (Fsp3) is 0. The fourth-order valence-corrected chi connectivity index (χ4v) is 5.13. The Morgan fingerprint density at radius 3 is 1.65 bits per heavy atom. The van der Waals surface area contributed by atoms with Gasteiger partial charge in [0.1, 0.15) is 22.8 Å². The van der Waals surface area contributed by atoms with Crippen LogP contribution in [0.1, 0.15) is 16.1 Å². The zero-order valence-corrected chi connectivity index (χ0v) is 20.9. The van der Waals surface area contributed by atoms with Crippen LogP contribution in [0.25, 0.3) is 44.1 Å². The molecule has 0 saturated heterocycles. The number of nitrogens with zero attached hydrogens (tertiary/aromatic N) is 1. The molecule has 4 aromatic carbocycles. The van der Waals surface area contributed by atoms with E-state index in [0.717, 1.165) is 16.6 Å². The van der Waals surface area contributed by atoms with Crippen molar-refractivity contribution in [3.63, 3.8) is 0 Å². The molecule has 194 valence electrons. The third-order valence-electron chi connectivity index (χ3n) is 7.10. The Balaban J connectivity index is 0.000000132. The Labute approximate surface area is 226 Å². The maximum atomic E-state index is 12.4. The van der Waals surface area contributed by atoms with Crippen molar-refractivity contribution in [1.29, 1.82) is 0 Å². The maximum Gasteiger partial charge on any atom is 0.215 e. The van der Waals surface area contributed by atoms with E-state index in [2.05, 4.69) is 19.9 Å². The van der Waals surface area contributed by atoms with E-state index in [0.29, 0.717) is 44.5 Å². The van der Waals surface area contributed by atoms with Gasteiger partial charge in [0.25, 0.3) is 0 Å². The Morgan fingerprint density at radius 2 is 1.05 bits per heavy atom. The van der Waals surface area contributed by atoms with E-state index in [-0.39, 0.29) is 28.7 Å². The van der Waals surface area contributed by atoms with Crippen LogP contribution in [0.15, 0.2) is 102 Å². The summed E-state index contributed by atoms with van der Waals surface area (Å²) in [6.45, 7) is 0. The van der Waals surface area contributed by atoms with E-state index in [9.17, 15) is 20.1 Å². The molecule has 3 aromatic heterocycles. The highest BCUT2D eigenvalue weighted by Gasteiger charge is 2.29. The molecule has 0 radical (unpaired) electrons. The molecule has 8 rings (SSSR count). The highest BCUT2D eigenvalue weighted by Crippen LogP contribution is 2.41. The molecule has 1 aliphatic heterocycles. The van der Waals surface area contributed by atoms with Gasteiger partial charge in [-0.2, -0.15) is 0 Å². The largest absolute Gasteiger partial charge is 0.871 e. The van der Waals surface area contributed by atoms with Gasteiger partial charge < -0.3 is 30.3 Å². The minimum Gasteiger partial charge on any atom is -0.871 e. The highest BCUT2D eigenvalue weighted by atomic mass is 16.3. The standard InChI is InChI=1S/C16H12N2O2.C16H10N2O2/c2*19-15-9-5-1-3-7-11(9)17-13(15)14-16(20)10-6-2-4-8-12(10)18-14/h1-8,17-20H;1-8,17,19H/p-1.